The Kier molecular flexibility index (Phi) is 4.41. The third kappa shape index (κ3) is 4.10. The largest absolute Gasteiger partial charge is 0.444 e. The van der Waals surface area contributed by atoms with E-state index in [-0.39, 0.29) is 23.9 Å². The summed E-state index contributed by atoms with van der Waals surface area (Å²) >= 11 is 5.41. The van der Waals surface area contributed by atoms with Gasteiger partial charge in [-0.3, -0.25) is 9.48 Å². The molecule has 0 aliphatic carbocycles. The highest BCUT2D eigenvalue weighted by Gasteiger charge is 2.35. The molecule has 2 amide bonds. The minimum absolute atomic E-state index is 0.0965. The molecule has 1 saturated heterocycles. The van der Waals surface area contributed by atoms with E-state index in [1.807, 2.05) is 20.8 Å². The fourth-order valence-corrected chi connectivity index (χ4v) is 1.95. The topological polar surface area (TPSA) is 76.5 Å². The molecule has 1 fully saturated rings. The quantitative estimate of drug-likeness (QED) is 0.864. The van der Waals surface area contributed by atoms with Crippen LogP contribution in [0.3, 0.4) is 0 Å². The number of nitrogens with zero attached hydrogens (tertiary/aromatic N) is 3. The molecule has 0 atom stereocenters. The van der Waals surface area contributed by atoms with Crippen molar-refractivity contribution in [2.24, 2.45) is 0 Å². The van der Waals surface area contributed by atoms with Gasteiger partial charge in [-0.2, -0.15) is 5.10 Å². The van der Waals surface area contributed by atoms with Crippen LogP contribution in [0.1, 0.15) is 26.8 Å². The van der Waals surface area contributed by atoms with Gasteiger partial charge in [0.15, 0.2) is 5.82 Å². The third-order valence-electron chi connectivity index (χ3n) is 2.89. The molecule has 0 bridgehead atoms. The summed E-state index contributed by atoms with van der Waals surface area (Å²) in [7, 11) is 0. The first kappa shape index (κ1) is 15.6. The highest BCUT2D eigenvalue weighted by atomic mass is 35.5. The number of halogens is 1. The van der Waals surface area contributed by atoms with Crippen LogP contribution in [0.2, 0.25) is 0 Å². The van der Waals surface area contributed by atoms with Crippen molar-refractivity contribution in [1.29, 1.82) is 0 Å². The van der Waals surface area contributed by atoms with Gasteiger partial charge in [0.2, 0.25) is 5.91 Å². The zero-order chi connectivity index (χ0) is 15.6. The van der Waals surface area contributed by atoms with Crippen LogP contribution in [0, 0.1) is 0 Å². The second-order valence-electron chi connectivity index (χ2n) is 5.90. The second-order valence-corrected chi connectivity index (χ2v) is 6.17. The molecule has 21 heavy (non-hydrogen) atoms. The molecular weight excluding hydrogens is 296 g/mol. The third-order valence-corrected chi connectivity index (χ3v) is 3.13. The van der Waals surface area contributed by atoms with Gasteiger partial charge in [0.1, 0.15) is 11.5 Å². The Morgan fingerprint density at radius 1 is 1.48 bits per heavy atom. The average Bonchev–Trinajstić information content (AvgIpc) is 2.72. The number of hydrogen-bond acceptors (Lipinski definition) is 4. The number of carbonyl (C=O) groups excluding carboxylic acids is 2. The molecule has 2 rings (SSSR count). The normalized spacial score (nSPS) is 15.5. The van der Waals surface area contributed by atoms with Gasteiger partial charge in [-0.25, -0.2) is 4.79 Å². The van der Waals surface area contributed by atoms with Crippen LogP contribution in [0.4, 0.5) is 10.6 Å². The molecule has 7 nitrogen and oxygen atoms in total. The maximum Gasteiger partial charge on any atom is 0.410 e. The number of likely N-dealkylation sites (tertiary alicyclic amines) is 1. The summed E-state index contributed by atoms with van der Waals surface area (Å²) in [6.45, 7) is 6.59. The lowest BCUT2D eigenvalue weighted by atomic mass is 10.1. The standard InChI is InChI=1S/C13H19ClN4O3/c1-13(2,3)21-12(20)17-7-9(8-17)18-5-4-10(16-18)15-11(19)6-14/h4-5,9H,6-8H2,1-3H3,(H,15,16,19). The molecule has 8 heteroatoms. The van der Waals surface area contributed by atoms with Crippen LogP contribution >= 0.6 is 11.6 Å². The number of ether oxygens (including phenoxy) is 1. The molecule has 0 aromatic carbocycles. The summed E-state index contributed by atoms with van der Waals surface area (Å²) in [4.78, 5) is 24.6. The van der Waals surface area contributed by atoms with E-state index in [2.05, 4.69) is 10.4 Å². The highest BCUT2D eigenvalue weighted by Crippen LogP contribution is 2.23. The molecule has 0 unspecified atom stereocenters. The van der Waals surface area contributed by atoms with Crippen molar-refractivity contribution < 1.29 is 14.3 Å². The number of aromatic nitrogens is 2. The molecular formula is C13H19ClN4O3. The van der Waals surface area contributed by atoms with Gasteiger partial charge in [-0.05, 0) is 20.8 Å². The molecule has 1 aromatic rings. The number of anilines is 1. The first-order valence-electron chi connectivity index (χ1n) is 6.67. The first-order chi connectivity index (χ1) is 9.78. The van der Waals surface area contributed by atoms with E-state index in [0.29, 0.717) is 18.9 Å². The number of hydrogen-bond donors (Lipinski definition) is 1. The zero-order valence-corrected chi connectivity index (χ0v) is 13.1. The lowest BCUT2D eigenvalue weighted by Crippen LogP contribution is -2.52. The minimum Gasteiger partial charge on any atom is -0.444 e. The fourth-order valence-electron chi connectivity index (χ4n) is 1.88. The van der Waals surface area contributed by atoms with Crippen molar-refractivity contribution in [2.45, 2.75) is 32.4 Å². The predicted octanol–water partition coefficient (Wildman–Crippen LogP) is 1.85. The molecule has 1 aliphatic heterocycles. The summed E-state index contributed by atoms with van der Waals surface area (Å²) in [5, 5.41) is 6.81. The zero-order valence-electron chi connectivity index (χ0n) is 12.3. The Balaban J connectivity index is 1.84. The Morgan fingerprint density at radius 3 is 2.71 bits per heavy atom. The maximum absolute atomic E-state index is 11.8. The van der Waals surface area contributed by atoms with Crippen LogP contribution in [0.15, 0.2) is 12.3 Å². The fraction of sp³-hybridized carbons (Fsp3) is 0.615. The monoisotopic (exact) mass is 314 g/mol. The summed E-state index contributed by atoms with van der Waals surface area (Å²) in [5.74, 6) is 0.0465. The van der Waals surface area contributed by atoms with E-state index in [1.165, 1.54) is 0 Å². The van der Waals surface area contributed by atoms with Crippen molar-refractivity contribution in [2.75, 3.05) is 24.3 Å². The Bertz CT molecular complexity index is 532. The predicted molar refractivity (Wildman–Crippen MR) is 78.4 cm³/mol. The summed E-state index contributed by atoms with van der Waals surface area (Å²) in [5.41, 5.74) is -0.493. The van der Waals surface area contributed by atoms with E-state index < -0.39 is 5.60 Å². The molecule has 0 saturated carbocycles. The number of rotatable bonds is 3. The Morgan fingerprint density at radius 2 is 2.14 bits per heavy atom. The van der Waals surface area contributed by atoms with Gasteiger partial charge in [0.25, 0.3) is 0 Å². The SMILES string of the molecule is CC(C)(C)OC(=O)N1CC(n2ccc(NC(=O)CCl)n2)C1. The lowest BCUT2D eigenvalue weighted by molar-refractivity contribution is -0.113. The van der Waals surface area contributed by atoms with Crippen LogP contribution < -0.4 is 5.32 Å². The van der Waals surface area contributed by atoms with Gasteiger partial charge in [0, 0.05) is 25.4 Å². The van der Waals surface area contributed by atoms with E-state index in [0.717, 1.165) is 0 Å². The van der Waals surface area contributed by atoms with Crippen molar-refractivity contribution >= 4 is 29.4 Å². The first-order valence-corrected chi connectivity index (χ1v) is 7.21. The van der Waals surface area contributed by atoms with Gasteiger partial charge in [0.05, 0.1) is 6.04 Å². The smallest absolute Gasteiger partial charge is 0.410 e. The van der Waals surface area contributed by atoms with E-state index >= 15 is 0 Å². The maximum atomic E-state index is 11.8. The molecule has 1 aliphatic rings. The van der Waals surface area contributed by atoms with Gasteiger partial charge in [-0.1, -0.05) is 0 Å². The number of carbonyl (C=O) groups is 2. The van der Waals surface area contributed by atoms with Gasteiger partial charge < -0.3 is 15.0 Å². The van der Waals surface area contributed by atoms with Crippen LogP contribution in [-0.4, -0.2) is 51.3 Å². The average molecular weight is 315 g/mol. The van der Waals surface area contributed by atoms with Crippen LogP contribution in [-0.2, 0) is 9.53 Å². The van der Waals surface area contributed by atoms with Gasteiger partial charge in [-0.15, -0.1) is 11.6 Å². The van der Waals surface area contributed by atoms with Crippen molar-refractivity contribution in [3.05, 3.63) is 12.3 Å². The number of amides is 2. The van der Waals surface area contributed by atoms with E-state index in [1.54, 1.807) is 21.8 Å². The van der Waals surface area contributed by atoms with E-state index in [4.69, 9.17) is 16.3 Å². The van der Waals surface area contributed by atoms with Crippen molar-refractivity contribution in [3.63, 3.8) is 0 Å². The van der Waals surface area contributed by atoms with Crippen LogP contribution in [0.5, 0.6) is 0 Å². The molecule has 1 N–H and O–H groups in total. The molecule has 116 valence electrons. The molecule has 2 heterocycles. The van der Waals surface area contributed by atoms with Crippen molar-refractivity contribution in [1.82, 2.24) is 14.7 Å². The number of alkyl halides is 1. The van der Waals surface area contributed by atoms with Crippen LogP contribution in [0.25, 0.3) is 0 Å². The molecule has 0 radical (unpaired) electrons. The minimum atomic E-state index is -0.493. The van der Waals surface area contributed by atoms with Gasteiger partial charge >= 0.3 is 6.09 Å². The second kappa shape index (κ2) is 5.93. The van der Waals surface area contributed by atoms with E-state index in [9.17, 15) is 9.59 Å². The molecule has 1 aromatic heterocycles. The number of nitrogens with one attached hydrogen (secondary N) is 1. The Hall–Kier alpha value is -1.76. The Labute approximate surface area is 128 Å². The summed E-state index contributed by atoms with van der Waals surface area (Å²) in [6, 6.07) is 1.79. The molecule has 0 spiro atoms. The van der Waals surface area contributed by atoms with Crippen molar-refractivity contribution in [3.8, 4) is 0 Å². The lowest BCUT2D eigenvalue weighted by Gasteiger charge is -2.39. The summed E-state index contributed by atoms with van der Waals surface area (Å²) < 4.78 is 7.01. The summed E-state index contributed by atoms with van der Waals surface area (Å²) in [6.07, 6.45) is 1.45. The highest BCUT2D eigenvalue weighted by molar-refractivity contribution is 6.28.